The first-order chi connectivity index (χ1) is 10.1. The molecule has 3 N–H and O–H groups in total. The SMILES string of the molecule is CCCCN(CCO)C(=O)NC1(C(=O)O)CCCCCC1. The first-order valence-corrected chi connectivity index (χ1v) is 7.97. The Bertz CT molecular complexity index is 339. The lowest BCUT2D eigenvalue weighted by atomic mass is 9.90. The highest BCUT2D eigenvalue weighted by Crippen LogP contribution is 2.27. The fourth-order valence-electron chi connectivity index (χ4n) is 2.79. The first kappa shape index (κ1) is 17.8. The maximum Gasteiger partial charge on any atom is 0.329 e. The summed E-state index contributed by atoms with van der Waals surface area (Å²) >= 11 is 0. The van der Waals surface area contributed by atoms with Crippen molar-refractivity contribution in [3.05, 3.63) is 0 Å². The van der Waals surface area contributed by atoms with E-state index in [-0.39, 0.29) is 19.2 Å². The predicted octanol–water partition coefficient (Wildman–Crippen LogP) is 1.97. The Labute approximate surface area is 126 Å². The molecule has 2 amide bonds. The molecule has 1 aliphatic rings. The topological polar surface area (TPSA) is 89.9 Å². The molecule has 1 rings (SSSR count). The second-order valence-electron chi connectivity index (χ2n) is 5.80. The van der Waals surface area contributed by atoms with Crippen molar-refractivity contribution >= 4 is 12.0 Å². The molecule has 0 heterocycles. The van der Waals surface area contributed by atoms with E-state index < -0.39 is 11.5 Å². The number of amides is 2. The lowest BCUT2D eigenvalue weighted by Gasteiger charge is -2.32. The summed E-state index contributed by atoms with van der Waals surface area (Å²) in [6, 6.07) is -0.373. The number of aliphatic hydroxyl groups excluding tert-OH is 1. The number of hydrogen-bond acceptors (Lipinski definition) is 3. The molecule has 0 bridgehead atoms. The van der Waals surface area contributed by atoms with Crippen molar-refractivity contribution in [3.8, 4) is 0 Å². The van der Waals surface area contributed by atoms with Crippen LogP contribution in [0.4, 0.5) is 4.79 Å². The monoisotopic (exact) mass is 300 g/mol. The molecule has 0 aromatic carbocycles. The Hall–Kier alpha value is -1.30. The quantitative estimate of drug-likeness (QED) is 0.627. The van der Waals surface area contributed by atoms with E-state index in [0.717, 1.165) is 38.5 Å². The smallest absolute Gasteiger partial charge is 0.329 e. The number of urea groups is 1. The Morgan fingerprint density at radius 3 is 2.24 bits per heavy atom. The van der Waals surface area contributed by atoms with Crippen molar-refractivity contribution in [2.75, 3.05) is 19.7 Å². The van der Waals surface area contributed by atoms with Crippen molar-refractivity contribution < 1.29 is 19.8 Å². The predicted molar refractivity (Wildman–Crippen MR) is 80.2 cm³/mol. The van der Waals surface area contributed by atoms with Gasteiger partial charge < -0.3 is 20.4 Å². The molecule has 1 aliphatic carbocycles. The first-order valence-electron chi connectivity index (χ1n) is 7.97. The Kier molecular flexibility index (Phi) is 7.50. The Morgan fingerprint density at radius 1 is 1.14 bits per heavy atom. The van der Waals surface area contributed by atoms with E-state index in [0.29, 0.717) is 19.4 Å². The van der Waals surface area contributed by atoms with Crippen molar-refractivity contribution in [1.29, 1.82) is 0 Å². The molecular formula is C15H28N2O4. The molecule has 0 aromatic rings. The summed E-state index contributed by atoms with van der Waals surface area (Å²) < 4.78 is 0. The van der Waals surface area contributed by atoms with E-state index in [1.807, 2.05) is 6.92 Å². The number of aliphatic carboxylic acids is 1. The zero-order chi connectivity index (χ0) is 15.7. The maximum atomic E-state index is 12.4. The van der Waals surface area contributed by atoms with Crippen LogP contribution in [0.5, 0.6) is 0 Å². The van der Waals surface area contributed by atoms with Gasteiger partial charge in [-0.25, -0.2) is 9.59 Å². The van der Waals surface area contributed by atoms with Gasteiger partial charge in [0.15, 0.2) is 0 Å². The molecule has 1 fully saturated rings. The number of hydrogen-bond donors (Lipinski definition) is 3. The van der Waals surface area contributed by atoms with E-state index in [1.165, 1.54) is 4.90 Å². The minimum absolute atomic E-state index is 0.114. The van der Waals surface area contributed by atoms with Crippen molar-refractivity contribution in [3.63, 3.8) is 0 Å². The fraction of sp³-hybridized carbons (Fsp3) is 0.867. The molecule has 6 nitrogen and oxygen atoms in total. The van der Waals surface area contributed by atoms with Gasteiger partial charge in [-0.1, -0.05) is 39.0 Å². The molecule has 0 unspecified atom stereocenters. The molecule has 21 heavy (non-hydrogen) atoms. The molecule has 0 aromatic heterocycles. The third-order valence-electron chi connectivity index (χ3n) is 4.15. The standard InChI is InChI=1S/C15H28N2O4/c1-2-3-10-17(11-12-18)14(21)16-15(13(19)20)8-6-4-5-7-9-15/h18H,2-12H2,1H3,(H,16,21)(H,19,20). The van der Waals surface area contributed by atoms with Crippen LogP contribution in [0.25, 0.3) is 0 Å². The zero-order valence-corrected chi connectivity index (χ0v) is 12.9. The molecule has 0 atom stereocenters. The summed E-state index contributed by atoms with van der Waals surface area (Å²) in [5.74, 6) is -0.947. The van der Waals surface area contributed by atoms with Crippen LogP contribution in [-0.4, -0.2) is 52.3 Å². The van der Waals surface area contributed by atoms with E-state index in [9.17, 15) is 14.7 Å². The Morgan fingerprint density at radius 2 is 1.76 bits per heavy atom. The van der Waals surface area contributed by atoms with Gasteiger partial charge >= 0.3 is 12.0 Å². The molecule has 1 saturated carbocycles. The Balaban J connectivity index is 2.75. The van der Waals surface area contributed by atoms with Gasteiger partial charge in [0, 0.05) is 13.1 Å². The van der Waals surface area contributed by atoms with Crippen LogP contribution >= 0.6 is 0 Å². The summed E-state index contributed by atoms with van der Waals surface area (Å²) in [5, 5.41) is 21.4. The molecular weight excluding hydrogens is 272 g/mol. The highest BCUT2D eigenvalue weighted by molar-refractivity contribution is 5.86. The number of carboxylic acids is 1. The summed E-state index contributed by atoms with van der Waals surface area (Å²) in [4.78, 5) is 25.6. The van der Waals surface area contributed by atoms with E-state index in [2.05, 4.69) is 5.32 Å². The van der Waals surface area contributed by atoms with Gasteiger partial charge in [-0.2, -0.15) is 0 Å². The zero-order valence-electron chi connectivity index (χ0n) is 12.9. The average Bonchev–Trinajstić information content (AvgIpc) is 2.70. The van der Waals surface area contributed by atoms with Crippen LogP contribution in [0.1, 0.15) is 58.3 Å². The van der Waals surface area contributed by atoms with Crippen LogP contribution in [-0.2, 0) is 4.79 Å². The number of aliphatic hydroxyl groups is 1. The number of unbranched alkanes of at least 4 members (excludes halogenated alkanes) is 1. The minimum Gasteiger partial charge on any atom is -0.480 e. The number of carbonyl (C=O) groups is 2. The van der Waals surface area contributed by atoms with E-state index in [4.69, 9.17) is 5.11 Å². The molecule has 0 spiro atoms. The lowest BCUT2D eigenvalue weighted by molar-refractivity contribution is -0.145. The van der Waals surface area contributed by atoms with Crippen molar-refractivity contribution in [2.24, 2.45) is 0 Å². The normalized spacial score (nSPS) is 17.8. The van der Waals surface area contributed by atoms with Gasteiger partial charge in [0.05, 0.1) is 6.61 Å². The number of carbonyl (C=O) groups excluding carboxylic acids is 1. The van der Waals surface area contributed by atoms with Gasteiger partial charge in [0.1, 0.15) is 5.54 Å². The van der Waals surface area contributed by atoms with Crippen LogP contribution in [0.2, 0.25) is 0 Å². The summed E-state index contributed by atoms with van der Waals surface area (Å²) in [7, 11) is 0. The second-order valence-corrected chi connectivity index (χ2v) is 5.80. The van der Waals surface area contributed by atoms with Gasteiger partial charge in [-0.05, 0) is 19.3 Å². The molecule has 122 valence electrons. The van der Waals surface area contributed by atoms with Crippen LogP contribution < -0.4 is 5.32 Å². The molecule has 0 aliphatic heterocycles. The van der Waals surface area contributed by atoms with E-state index in [1.54, 1.807) is 0 Å². The number of nitrogens with zero attached hydrogens (tertiary/aromatic N) is 1. The molecule has 0 radical (unpaired) electrons. The highest BCUT2D eigenvalue weighted by atomic mass is 16.4. The minimum atomic E-state index is -1.15. The number of carboxylic acid groups (broad SMARTS) is 1. The lowest BCUT2D eigenvalue weighted by Crippen LogP contribution is -2.58. The molecule has 0 saturated heterocycles. The van der Waals surface area contributed by atoms with Crippen LogP contribution in [0.3, 0.4) is 0 Å². The summed E-state index contributed by atoms with van der Waals surface area (Å²) in [5.41, 5.74) is -1.15. The van der Waals surface area contributed by atoms with Gasteiger partial charge in [0.25, 0.3) is 0 Å². The number of rotatable bonds is 7. The highest BCUT2D eigenvalue weighted by Gasteiger charge is 2.40. The average molecular weight is 300 g/mol. The number of nitrogens with one attached hydrogen (secondary N) is 1. The van der Waals surface area contributed by atoms with Gasteiger partial charge in [-0.3, -0.25) is 0 Å². The third kappa shape index (κ3) is 5.19. The van der Waals surface area contributed by atoms with Gasteiger partial charge in [0.2, 0.25) is 0 Å². The third-order valence-corrected chi connectivity index (χ3v) is 4.15. The van der Waals surface area contributed by atoms with Crippen molar-refractivity contribution in [2.45, 2.75) is 63.8 Å². The van der Waals surface area contributed by atoms with Crippen molar-refractivity contribution in [1.82, 2.24) is 10.2 Å². The fourth-order valence-corrected chi connectivity index (χ4v) is 2.79. The molecule has 6 heteroatoms. The summed E-state index contributed by atoms with van der Waals surface area (Å²) in [6.07, 6.45) is 6.42. The van der Waals surface area contributed by atoms with Crippen LogP contribution in [0, 0.1) is 0 Å². The largest absolute Gasteiger partial charge is 0.480 e. The second kappa shape index (κ2) is 8.87. The summed E-state index contributed by atoms with van der Waals surface area (Å²) in [6.45, 7) is 2.69. The van der Waals surface area contributed by atoms with E-state index >= 15 is 0 Å². The van der Waals surface area contributed by atoms with Gasteiger partial charge in [-0.15, -0.1) is 0 Å². The maximum absolute atomic E-state index is 12.4. The van der Waals surface area contributed by atoms with Crippen LogP contribution in [0.15, 0.2) is 0 Å².